The number of fused-ring (bicyclic) bond motifs is 1. The summed E-state index contributed by atoms with van der Waals surface area (Å²) in [7, 11) is 1.60. The molecule has 2 fully saturated rings. The van der Waals surface area contributed by atoms with Crippen LogP contribution in [0.25, 0.3) is 10.2 Å². The van der Waals surface area contributed by atoms with Gasteiger partial charge in [-0.25, -0.2) is 4.98 Å². The van der Waals surface area contributed by atoms with Gasteiger partial charge in [0.25, 0.3) is 0 Å². The molecule has 3 aromatic rings. The molecule has 3 heterocycles. The van der Waals surface area contributed by atoms with E-state index in [0.717, 1.165) is 35.4 Å². The van der Waals surface area contributed by atoms with E-state index in [-0.39, 0.29) is 24.3 Å². The van der Waals surface area contributed by atoms with Crippen molar-refractivity contribution in [2.75, 3.05) is 36.6 Å². The van der Waals surface area contributed by atoms with Gasteiger partial charge < -0.3 is 14.4 Å². The standard InChI is InChI=1S/C24H25N3O4S/c1-30-18-7-4-6-17(13-18)26-14-16(12-22(26)28)23(29)27(15-19-8-5-11-31-19)24-25-20-9-2-3-10-21(20)32-24/h2-4,6-7,9-10,13,16,19H,5,8,11-12,14-15H2,1H3. The molecule has 2 amide bonds. The molecule has 0 aliphatic carbocycles. The van der Waals surface area contributed by atoms with E-state index < -0.39 is 5.92 Å². The maximum atomic E-state index is 13.7. The highest BCUT2D eigenvalue weighted by Gasteiger charge is 2.39. The number of carbonyl (C=O) groups is 2. The molecule has 0 radical (unpaired) electrons. The van der Waals surface area contributed by atoms with Gasteiger partial charge in [-0.1, -0.05) is 29.5 Å². The van der Waals surface area contributed by atoms with Crippen molar-refractivity contribution in [3.05, 3.63) is 48.5 Å². The molecule has 0 spiro atoms. The predicted molar refractivity (Wildman–Crippen MR) is 124 cm³/mol. The number of methoxy groups -OCH3 is 1. The molecule has 32 heavy (non-hydrogen) atoms. The number of ether oxygens (including phenoxy) is 2. The number of thiazole rings is 1. The Morgan fingerprint density at radius 2 is 2.16 bits per heavy atom. The first-order chi connectivity index (χ1) is 15.6. The summed E-state index contributed by atoms with van der Waals surface area (Å²) >= 11 is 1.50. The predicted octanol–water partition coefficient (Wildman–Crippen LogP) is 3.87. The van der Waals surface area contributed by atoms with Crippen LogP contribution in [0.2, 0.25) is 0 Å². The number of carbonyl (C=O) groups excluding carboxylic acids is 2. The molecule has 8 heteroatoms. The molecule has 2 unspecified atom stereocenters. The molecular formula is C24H25N3O4S. The maximum absolute atomic E-state index is 13.7. The van der Waals surface area contributed by atoms with Crippen LogP contribution < -0.4 is 14.5 Å². The van der Waals surface area contributed by atoms with Crippen LogP contribution in [0.3, 0.4) is 0 Å². The number of aromatic nitrogens is 1. The third-order valence-electron chi connectivity index (χ3n) is 6.03. The van der Waals surface area contributed by atoms with Crippen molar-refractivity contribution < 1.29 is 19.1 Å². The number of benzene rings is 2. The Hall–Kier alpha value is -2.97. The van der Waals surface area contributed by atoms with Gasteiger partial charge in [-0.2, -0.15) is 0 Å². The van der Waals surface area contributed by atoms with Crippen molar-refractivity contribution in [1.82, 2.24) is 4.98 Å². The smallest absolute Gasteiger partial charge is 0.234 e. The molecule has 1 aromatic heterocycles. The number of amides is 2. The average Bonchev–Trinajstić information content (AvgIpc) is 3.56. The maximum Gasteiger partial charge on any atom is 0.234 e. The first-order valence-electron chi connectivity index (χ1n) is 10.9. The van der Waals surface area contributed by atoms with Gasteiger partial charge in [-0.15, -0.1) is 0 Å². The second-order valence-electron chi connectivity index (χ2n) is 8.15. The third-order valence-corrected chi connectivity index (χ3v) is 7.09. The summed E-state index contributed by atoms with van der Waals surface area (Å²) in [6.45, 7) is 1.53. The normalized spacial score (nSPS) is 20.8. The van der Waals surface area contributed by atoms with Crippen LogP contribution >= 0.6 is 11.3 Å². The van der Waals surface area contributed by atoms with Crippen LogP contribution in [0.5, 0.6) is 5.75 Å². The van der Waals surface area contributed by atoms with Crippen LogP contribution in [-0.2, 0) is 14.3 Å². The third kappa shape index (κ3) is 4.08. The number of hydrogen-bond donors (Lipinski definition) is 0. The molecule has 0 saturated carbocycles. The van der Waals surface area contributed by atoms with Crippen LogP contribution in [0.15, 0.2) is 48.5 Å². The molecule has 0 bridgehead atoms. The highest BCUT2D eigenvalue weighted by molar-refractivity contribution is 7.22. The molecule has 2 aliphatic rings. The Bertz CT molecular complexity index is 1110. The fourth-order valence-electron chi connectivity index (χ4n) is 4.35. The van der Waals surface area contributed by atoms with Gasteiger partial charge in [-0.3, -0.25) is 14.5 Å². The van der Waals surface area contributed by atoms with Crippen LogP contribution in [-0.4, -0.2) is 49.7 Å². The van der Waals surface area contributed by atoms with Crippen molar-refractivity contribution >= 4 is 44.2 Å². The zero-order chi connectivity index (χ0) is 22.1. The summed E-state index contributed by atoms with van der Waals surface area (Å²) in [5.74, 6) is 0.123. The lowest BCUT2D eigenvalue weighted by Crippen LogP contribution is -2.42. The van der Waals surface area contributed by atoms with E-state index in [0.29, 0.717) is 24.0 Å². The van der Waals surface area contributed by atoms with Crippen LogP contribution in [0.1, 0.15) is 19.3 Å². The fourth-order valence-corrected chi connectivity index (χ4v) is 5.33. The van der Waals surface area contributed by atoms with Crippen molar-refractivity contribution in [1.29, 1.82) is 0 Å². The lowest BCUT2D eigenvalue weighted by Gasteiger charge is -2.25. The molecule has 7 nitrogen and oxygen atoms in total. The number of para-hydroxylation sites is 1. The van der Waals surface area contributed by atoms with Gasteiger partial charge in [0.15, 0.2) is 5.13 Å². The highest BCUT2D eigenvalue weighted by atomic mass is 32.1. The van der Waals surface area contributed by atoms with Crippen LogP contribution in [0, 0.1) is 5.92 Å². The van der Waals surface area contributed by atoms with Gasteiger partial charge in [0.1, 0.15) is 5.75 Å². The number of rotatable bonds is 6. The fraction of sp³-hybridized carbons (Fsp3) is 0.375. The van der Waals surface area contributed by atoms with E-state index in [2.05, 4.69) is 0 Å². The van der Waals surface area contributed by atoms with Crippen molar-refractivity contribution in [3.8, 4) is 5.75 Å². The second kappa shape index (κ2) is 8.88. The van der Waals surface area contributed by atoms with E-state index in [1.54, 1.807) is 16.9 Å². The van der Waals surface area contributed by atoms with Gasteiger partial charge in [-0.05, 0) is 37.1 Å². The molecule has 166 valence electrons. The minimum Gasteiger partial charge on any atom is -0.497 e. The lowest BCUT2D eigenvalue weighted by atomic mass is 10.1. The van der Waals surface area contributed by atoms with Gasteiger partial charge in [0.2, 0.25) is 11.8 Å². The van der Waals surface area contributed by atoms with Crippen LogP contribution in [0.4, 0.5) is 10.8 Å². The van der Waals surface area contributed by atoms with Crippen molar-refractivity contribution in [2.24, 2.45) is 5.92 Å². The SMILES string of the molecule is COc1cccc(N2CC(C(=O)N(CC3CCCO3)c3nc4ccccc4s3)CC2=O)c1. The number of hydrogen-bond acceptors (Lipinski definition) is 6. The molecular weight excluding hydrogens is 426 g/mol. The van der Waals surface area contributed by atoms with E-state index in [4.69, 9.17) is 14.5 Å². The summed E-state index contributed by atoms with van der Waals surface area (Å²) in [5, 5.41) is 0.666. The second-order valence-corrected chi connectivity index (χ2v) is 9.16. The Morgan fingerprint density at radius 1 is 1.28 bits per heavy atom. The first-order valence-corrected chi connectivity index (χ1v) is 11.7. The first kappa shape index (κ1) is 20.9. The molecule has 2 atom stereocenters. The van der Waals surface area contributed by atoms with Crippen molar-refractivity contribution in [3.63, 3.8) is 0 Å². The van der Waals surface area contributed by atoms with Gasteiger partial charge >= 0.3 is 0 Å². The number of anilines is 2. The summed E-state index contributed by atoms with van der Waals surface area (Å²) in [4.78, 5) is 34.6. The molecule has 2 aliphatic heterocycles. The van der Waals surface area contributed by atoms with Gasteiger partial charge in [0, 0.05) is 31.3 Å². The Morgan fingerprint density at radius 3 is 2.94 bits per heavy atom. The molecule has 0 N–H and O–H groups in total. The Labute approximate surface area is 190 Å². The quantitative estimate of drug-likeness (QED) is 0.569. The highest BCUT2D eigenvalue weighted by Crippen LogP contribution is 2.33. The summed E-state index contributed by atoms with van der Waals surface area (Å²) < 4.78 is 12.1. The van der Waals surface area contributed by atoms with E-state index in [1.807, 2.05) is 48.5 Å². The summed E-state index contributed by atoms with van der Waals surface area (Å²) in [5.41, 5.74) is 1.62. The summed E-state index contributed by atoms with van der Waals surface area (Å²) in [6.07, 6.45) is 2.10. The van der Waals surface area contributed by atoms with Gasteiger partial charge in [0.05, 0.1) is 35.9 Å². The van der Waals surface area contributed by atoms with E-state index >= 15 is 0 Å². The Balaban J connectivity index is 1.41. The molecule has 2 saturated heterocycles. The topological polar surface area (TPSA) is 72.0 Å². The van der Waals surface area contributed by atoms with Crippen molar-refractivity contribution in [2.45, 2.75) is 25.4 Å². The number of nitrogens with zero attached hydrogens (tertiary/aromatic N) is 3. The lowest BCUT2D eigenvalue weighted by molar-refractivity contribution is -0.124. The minimum atomic E-state index is -0.429. The Kier molecular flexibility index (Phi) is 5.80. The molecule has 5 rings (SSSR count). The molecule has 2 aromatic carbocycles. The van der Waals surface area contributed by atoms with E-state index in [9.17, 15) is 9.59 Å². The van der Waals surface area contributed by atoms with E-state index in [1.165, 1.54) is 11.3 Å². The zero-order valence-electron chi connectivity index (χ0n) is 17.9. The summed E-state index contributed by atoms with van der Waals surface area (Å²) in [6, 6.07) is 15.2. The zero-order valence-corrected chi connectivity index (χ0v) is 18.7. The largest absolute Gasteiger partial charge is 0.497 e. The minimum absolute atomic E-state index is 0.00226. The monoisotopic (exact) mass is 451 g/mol. The average molecular weight is 452 g/mol.